The number of carbonyl (C=O) groups excluding carboxylic acids is 3. The zero-order valence-corrected chi connectivity index (χ0v) is 18.8. The lowest BCUT2D eigenvalue weighted by Gasteiger charge is -2.29. The Bertz CT molecular complexity index is 1070. The van der Waals surface area contributed by atoms with Crippen molar-refractivity contribution in [3.63, 3.8) is 0 Å². The highest BCUT2D eigenvalue weighted by atomic mass is 16.5. The number of esters is 1. The van der Waals surface area contributed by atoms with Crippen LogP contribution in [0.15, 0.2) is 36.4 Å². The molecule has 2 aromatic carbocycles. The number of nitrogens with zero attached hydrogens (tertiary/aromatic N) is 1. The van der Waals surface area contributed by atoms with Crippen LogP contribution in [-0.2, 0) is 25.7 Å². The van der Waals surface area contributed by atoms with E-state index in [2.05, 4.69) is 4.74 Å². The van der Waals surface area contributed by atoms with Crippen LogP contribution in [-0.4, -0.2) is 38.5 Å². The van der Waals surface area contributed by atoms with Gasteiger partial charge < -0.3 is 19.1 Å². The van der Waals surface area contributed by atoms with Crippen molar-refractivity contribution in [2.75, 3.05) is 25.7 Å². The number of ketones is 1. The van der Waals surface area contributed by atoms with E-state index in [1.165, 1.54) is 14.0 Å². The maximum absolute atomic E-state index is 13.2. The second-order valence-electron chi connectivity index (χ2n) is 7.35. The van der Waals surface area contributed by atoms with Crippen molar-refractivity contribution in [3.8, 4) is 11.5 Å². The van der Waals surface area contributed by atoms with Crippen molar-refractivity contribution in [1.82, 2.24) is 0 Å². The molecule has 32 heavy (non-hydrogen) atoms. The summed E-state index contributed by atoms with van der Waals surface area (Å²) in [5, 5.41) is 0. The summed E-state index contributed by atoms with van der Waals surface area (Å²) in [4.78, 5) is 39.0. The van der Waals surface area contributed by atoms with Gasteiger partial charge in [-0.25, -0.2) is 0 Å². The molecule has 0 bridgehead atoms. The van der Waals surface area contributed by atoms with Crippen LogP contribution in [0.2, 0.25) is 0 Å². The van der Waals surface area contributed by atoms with Gasteiger partial charge in [0.25, 0.3) is 0 Å². The summed E-state index contributed by atoms with van der Waals surface area (Å²) in [5.41, 5.74) is 3.38. The molecule has 0 saturated carbocycles. The summed E-state index contributed by atoms with van der Waals surface area (Å²) >= 11 is 0. The average molecular weight is 437 g/mol. The molecule has 2 aromatic rings. The third kappa shape index (κ3) is 4.99. The van der Waals surface area contributed by atoms with E-state index in [0.29, 0.717) is 34.9 Å². The Kier molecular flexibility index (Phi) is 7.30. The Labute approximate surface area is 187 Å². The van der Waals surface area contributed by atoms with Crippen molar-refractivity contribution in [2.24, 2.45) is 0 Å². The number of hydrogen-bond donors (Lipinski definition) is 0. The van der Waals surface area contributed by atoms with Gasteiger partial charge in [-0.15, -0.1) is 0 Å². The molecule has 0 spiro atoms. The second kappa shape index (κ2) is 10.1. The molecular weight excluding hydrogens is 410 g/mol. The van der Waals surface area contributed by atoms with Gasteiger partial charge in [-0.1, -0.05) is 6.07 Å². The van der Waals surface area contributed by atoms with E-state index >= 15 is 0 Å². The fourth-order valence-corrected chi connectivity index (χ4v) is 3.67. The predicted molar refractivity (Wildman–Crippen MR) is 122 cm³/mol. The highest BCUT2D eigenvalue weighted by Gasteiger charge is 2.26. The van der Waals surface area contributed by atoms with Crippen LogP contribution < -0.4 is 14.4 Å². The number of Topliss-reactive ketones (excluding diaryl/α,β-unsaturated/α-hetero) is 1. The van der Waals surface area contributed by atoms with Crippen LogP contribution in [0, 0.1) is 0 Å². The lowest BCUT2D eigenvalue weighted by molar-refractivity contribution is -0.141. The number of fused-ring (bicyclic) bond motifs is 2. The van der Waals surface area contributed by atoms with E-state index in [1.54, 1.807) is 30.2 Å². The first-order valence-electron chi connectivity index (χ1n) is 10.4. The second-order valence-corrected chi connectivity index (χ2v) is 7.35. The summed E-state index contributed by atoms with van der Waals surface area (Å²) in [6, 6.07) is 10.9. The molecule has 0 aromatic heterocycles. The maximum atomic E-state index is 13.2. The van der Waals surface area contributed by atoms with Crippen LogP contribution in [0.3, 0.4) is 0 Å². The van der Waals surface area contributed by atoms with Gasteiger partial charge in [-0.05, 0) is 60.9 Å². The van der Waals surface area contributed by atoms with Crippen molar-refractivity contribution >= 4 is 35.0 Å². The van der Waals surface area contributed by atoms with Gasteiger partial charge in [-0.2, -0.15) is 0 Å². The fraction of sp³-hybridized carbons (Fsp3) is 0.320. The number of ether oxygens (including phenoxy) is 3. The van der Waals surface area contributed by atoms with Gasteiger partial charge in [0, 0.05) is 18.1 Å². The number of rotatable bonds is 7. The van der Waals surface area contributed by atoms with Gasteiger partial charge >= 0.3 is 5.97 Å². The summed E-state index contributed by atoms with van der Waals surface area (Å²) in [6.45, 7) is 4.12. The highest BCUT2D eigenvalue weighted by Crippen LogP contribution is 2.36. The lowest BCUT2D eigenvalue weighted by atomic mass is 9.92. The van der Waals surface area contributed by atoms with Crippen LogP contribution in [0.5, 0.6) is 11.5 Å². The molecule has 1 aliphatic rings. The Hall–Kier alpha value is -3.61. The maximum Gasteiger partial charge on any atom is 0.306 e. The van der Waals surface area contributed by atoms with Gasteiger partial charge in [0.15, 0.2) is 5.78 Å². The monoisotopic (exact) mass is 437 g/mol. The number of carbonyl (C=O) groups is 3. The largest absolute Gasteiger partial charge is 0.497 e. The standard InChI is InChI=1S/C25H27NO6/c1-5-32-20-8-9-21-18(12-20)15-26(24(28)10-11-25(29)31-4)23-14-19(30-3)7-6-17(23)13-22(21)16(2)27/h6-9,12-14H,5,10-11,15H2,1-4H3. The predicted octanol–water partition coefficient (Wildman–Crippen LogP) is 4.02. The number of methoxy groups -OCH3 is 2. The topological polar surface area (TPSA) is 82.1 Å². The van der Waals surface area contributed by atoms with Crippen molar-refractivity contribution in [2.45, 2.75) is 33.2 Å². The zero-order chi connectivity index (χ0) is 23.3. The molecule has 0 saturated heterocycles. The molecule has 168 valence electrons. The average Bonchev–Trinajstić information content (AvgIpc) is 2.78. The van der Waals surface area contributed by atoms with E-state index in [9.17, 15) is 14.4 Å². The minimum atomic E-state index is -0.450. The van der Waals surface area contributed by atoms with Crippen LogP contribution in [0.1, 0.15) is 43.4 Å². The van der Waals surface area contributed by atoms with E-state index in [1.807, 2.05) is 31.2 Å². The number of amides is 1. The molecule has 1 amide bonds. The Morgan fingerprint density at radius 3 is 2.41 bits per heavy atom. The van der Waals surface area contributed by atoms with E-state index in [4.69, 9.17) is 9.47 Å². The van der Waals surface area contributed by atoms with E-state index in [-0.39, 0.29) is 31.1 Å². The van der Waals surface area contributed by atoms with Gasteiger partial charge in [0.2, 0.25) is 5.91 Å². The molecule has 7 nitrogen and oxygen atoms in total. The van der Waals surface area contributed by atoms with Gasteiger partial charge in [-0.3, -0.25) is 14.4 Å². The van der Waals surface area contributed by atoms with Crippen LogP contribution in [0.4, 0.5) is 5.69 Å². The molecular formula is C25H27NO6. The molecule has 0 aliphatic carbocycles. The van der Waals surface area contributed by atoms with Crippen molar-refractivity contribution < 1.29 is 28.6 Å². The van der Waals surface area contributed by atoms with E-state index in [0.717, 1.165) is 11.1 Å². The first-order valence-corrected chi connectivity index (χ1v) is 10.4. The molecule has 1 aliphatic heterocycles. The molecule has 0 radical (unpaired) electrons. The number of allylic oxidation sites excluding steroid dienone is 1. The van der Waals surface area contributed by atoms with Gasteiger partial charge in [0.1, 0.15) is 11.5 Å². The molecule has 1 heterocycles. The SMILES string of the molecule is CCOc1ccc2c(c1)CN(C(=O)CCC(=O)OC)c1cc(OC)ccc1C=C2C(C)=O. The number of anilines is 1. The van der Waals surface area contributed by atoms with Gasteiger partial charge in [0.05, 0.1) is 39.5 Å². The molecule has 0 fully saturated rings. The fourth-order valence-electron chi connectivity index (χ4n) is 3.67. The lowest BCUT2D eigenvalue weighted by Crippen LogP contribution is -2.32. The van der Waals surface area contributed by atoms with Crippen molar-refractivity contribution in [1.29, 1.82) is 0 Å². The van der Waals surface area contributed by atoms with Crippen LogP contribution >= 0.6 is 0 Å². The third-order valence-corrected chi connectivity index (χ3v) is 5.29. The molecule has 0 atom stereocenters. The zero-order valence-electron chi connectivity index (χ0n) is 18.8. The summed E-state index contributed by atoms with van der Waals surface area (Å²) in [7, 11) is 2.84. The first kappa shape index (κ1) is 23.1. The molecule has 3 rings (SSSR count). The number of benzene rings is 2. The van der Waals surface area contributed by atoms with E-state index < -0.39 is 5.97 Å². The molecule has 0 N–H and O–H groups in total. The van der Waals surface area contributed by atoms with Crippen molar-refractivity contribution in [3.05, 3.63) is 53.1 Å². The minimum absolute atomic E-state index is 0.00686. The molecule has 0 unspecified atom stereocenters. The summed E-state index contributed by atoms with van der Waals surface area (Å²) in [5.74, 6) is 0.466. The summed E-state index contributed by atoms with van der Waals surface area (Å²) < 4.78 is 15.7. The van der Waals surface area contributed by atoms with Crippen LogP contribution in [0.25, 0.3) is 11.6 Å². The Morgan fingerprint density at radius 2 is 1.75 bits per heavy atom. The minimum Gasteiger partial charge on any atom is -0.497 e. The Balaban J connectivity index is 2.17. The highest BCUT2D eigenvalue weighted by molar-refractivity contribution is 6.25. The normalized spacial score (nSPS) is 12.5. The smallest absolute Gasteiger partial charge is 0.306 e. The number of hydrogen-bond acceptors (Lipinski definition) is 6. The third-order valence-electron chi connectivity index (χ3n) is 5.29. The first-order chi connectivity index (χ1) is 15.4. The summed E-state index contributed by atoms with van der Waals surface area (Å²) in [6.07, 6.45) is 1.76. The Morgan fingerprint density at radius 1 is 1.00 bits per heavy atom. The quantitative estimate of drug-likeness (QED) is 0.609. The molecule has 7 heteroatoms.